The number of primary amides is 1. The zero-order valence-electron chi connectivity index (χ0n) is 12.9. The molecule has 1 aliphatic heterocycles. The minimum Gasteiger partial charge on any atom is -0.367 e. The normalized spacial score (nSPS) is 23.8. The van der Waals surface area contributed by atoms with Gasteiger partial charge in [-0.2, -0.15) is 0 Å². The number of rotatable bonds is 7. The van der Waals surface area contributed by atoms with E-state index in [1.807, 2.05) is 30.3 Å². The standard InChI is InChI=1S/C17H21N3O3/c1-2-3-10-17(16(18)22)15(14(21)9-11-20(17)19)23-12-13-7-5-4-6-8-13/h2,4-9,11,15H,1,3,10,12,19H2,(H2,18,22). The first-order chi connectivity index (χ1) is 11.0. The van der Waals surface area contributed by atoms with Gasteiger partial charge in [0.2, 0.25) is 5.91 Å². The molecule has 2 atom stereocenters. The van der Waals surface area contributed by atoms with Crippen molar-refractivity contribution in [3.8, 4) is 0 Å². The van der Waals surface area contributed by atoms with Gasteiger partial charge >= 0.3 is 0 Å². The van der Waals surface area contributed by atoms with Crippen molar-refractivity contribution in [3.05, 3.63) is 60.8 Å². The Hall–Kier alpha value is -2.44. The Morgan fingerprint density at radius 2 is 2.09 bits per heavy atom. The molecule has 6 nitrogen and oxygen atoms in total. The van der Waals surface area contributed by atoms with E-state index in [0.717, 1.165) is 5.56 Å². The highest BCUT2D eigenvalue weighted by atomic mass is 16.5. The van der Waals surface area contributed by atoms with E-state index in [1.54, 1.807) is 6.08 Å². The molecule has 0 bridgehead atoms. The van der Waals surface area contributed by atoms with Crippen molar-refractivity contribution < 1.29 is 14.3 Å². The number of nitrogens with two attached hydrogens (primary N) is 2. The Balaban J connectivity index is 2.30. The molecular weight excluding hydrogens is 294 g/mol. The van der Waals surface area contributed by atoms with Gasteiger partial charge in [-0.05, 0) is 18.4 Å². The molecule has 1 aromatic rings. The molecule has 2 unspecified atom stereocenters. The number of nitrogens with zero attached hydrogens (tertiary/aromatic N) is 1. The fourth-order valence-electron chi connectivity index (χ4n) is 2.68. The number of hydrogen-bond donors (Lipinski definition) is 2. The molecule has 0 aromatic heterocycles. The molecule has 0 radical (unpaired) electrons. The SMILES string of the molecule is C=CCCC1(C(N)=O)C(OCc2ccccc2)C(=O)C=CN1N. The number of benzene rings is 1. The zero-order chi connectivity index (χ0) is 16.9. The summed E-state index contributed by atoms with van der Waals surface area (Å²) in [6.45, 7) is 3.83. The lowest BCUT2D eigenvalue weighted by atomic mass is 9.81. The predicted octanol–water partition coefficient (Wildman–Crippen LogP) is 1.03. The van der Waals surface area contributed by atoms with E-state index in [2.05, 4.69) is 6.58 Å². The van der Waals surface area contributed by atoms with Gasteiger partial charge < -0.3 is 10.5 Å². The Morgan fingerprint density at radius 3 is 2.70 bits per heavy atom. The van der Waals surface area contributed by atoms with E-state index >= 15 is 0 Å². The van der Waals surface area contributed by atoms with E-state index in [-0.39, 0.29) is 18.8 Å². The van der Waals surface area contributed by atoms with Crippen LogP contribution in [0.1, 0.15) is 18.4 Å². The molecular formula is C17H21N3O3. The summed E-state index contributed by atoms with van der Waals surface area (Å²) in [4.78, 5) is 24.5. The van der Waals surface area contributed by atoms with Crippen LogP contribution in [0.2, 0.25) is 0 Å². The lowest BCUT2D eigenvalue weighted by molar-refractivity contribution is -0.155. The third-order valence-corrected chi connectivity index (χ3v) is 3.97. The summed E-state index contributed by atoms with van der Waals surface area (Å²) in [5, 5.41) is 1.18. The molecule has 6 heteroatoms. The van der Waals surface area contributed by atoms with Gasteiger partial charge in [-0.1, -0.05) is 36.4 Å². The van der Waals surface area contributed by atoms with Crippen molar-refractivity contribution in [1.29, 1.82) is 0 Å². The lowest BCUT2D eigenvalue weighted by Crippen LogP contribution is -2.69. The zero-order valence-corrected chi connectivity index (χ0v) is 12.9. The third-order valence-electron chi connectivity index (χ3n) is 3.97. The van der Waals surface area contributed by atoms with Gasteiger partial charge in [0.15, 0.2) is 17.4 Å². The number of hydrazine groups is 1. The summed E-state index contributed by atoms with van der Waals surface area (Å²) in [5.74, 6) is 4.93. The second-order valence-corrected chi connectivity index (χ2v) is 5.42. The van der Waals surface area contributed by atoms with Gasteiger partial charge in [0.05, 0.1) is 6.61 Å². The van der Waals surface area contributed by atoms with E-state index in [0.29, 0.717) is 6.42 Å². The van der Waals surface area contributed by atoms with Gasteiger partial charge in [-0.3, -0.25) is 14.6 Å². The molecule has 0 aliphatic carbocycles. The number of hydrogen-bond acceptors (Lipinski definition) is 5. The predicted molar refractivity (Wildman–Crippen MR) is 86.5 cm³/mol. The number of amides is 1. The molecule has 23 heavy (non-hydrogen) atoms. The fraction of sp³-hybridized carbons (Fsp3) is 0.294. The number of carbonyl (C=O) groups is 2. The minimum absolute atomic E-state index is 0.183. The van der Waals surface area contributed by atoms with Crippen LogP contribution in [0.5, 0.6) is 0 Å². The van der Waals surface area contributed by atoms with Crippen LogP contribution >= 0.6 is 0 Å². The van der Waals surface area contributed by atoms with Crippen LogP contribution in [0.4, 0.5) is 0 Å². The number of allylic oxidation sites excluding steroid dienone is 1. The third kappa shape index (κ3) is 3.33. The molecule has 0 saturated carbocycles. The molecule has 1 heterocycles. The van der Waals surface area contributed by atoms with Crippen LogP contribution in [-0.4, -0.2) is 28.3 Å². The summed E-state index contributed by atoms with van der Waals surface area (Å²) in [5.41, 5.74) is 5.06. The summed E-state index contributed by atoms with van der Waals surface area (Å²) in [7, 11) is 0. The summed E-state index contributed by atoms with van der Waals surface area (Å²) in [6.07, 6.45) is 3.97. The first-order valence-corrected chi connectivity index (χ1v) is 7.34. The van der Waals surface area contributed by atoms with Crippen LogP contribution in [0.15, 0.2) is 55.3 Å². The minimum atomic E-state index is -1.42. The molecule has 0 saturated heterocycles. The smallest absolute Gasteiger partial charge is 0.248 e. The highest BCUT2D eigenvalue weighted by Gasteiger charge is 2.52. The van der Waals surface area contributed by atoms with E-state index in [4.69, 9.17) is 16.3 Å². The Labute approximate surface area is 135 Å². The lowest BCUT2D eigenvalue weighted by Gasteiger charge is -2.44. The Bertz CT molecular complexity index is 615. The van der Waals surface area contributed by atoms with E-state index < -0.39 is 17.6 Å². The summed E-state index contributed by atoms with van der Waals surface area (Å²) in [6, 6.07) is 9.38. The maximum atomic E-state index is 12.3. The van der Waals surface area contributed by atoms with Crippen molar-refractivity contribution >= 4 is 11.7 Å². The van der Waals surface area contributed by atoms with Crippen LogP contribution < -0.4 is 11.6 Å². The molecule has 122 valence electrons. The van der Waals surface area contributed by atoms with Gasteiger partial charge in [0.1, 0.15) is 0 Å². The van der Waals surface area contributed by atoms with Crippen molar-refractivity contribution in [2.24, 2.45) is 11.6 Å². The topological polar surface area (TPSA) is 98.7 Å². The number of ketones is 1. The Morgan fingerprint density at radius 1 is 1.39 bits per heavy atom. The molecule has 0 fully saturated rings. The van der Waals surface area contributed by atoms with Gasteiger partial charge in [-0.25, -0.2) is 5.84 Å². The van der Waals surface area contributed by atoms with E-state index in [1.165, 1.54) is 17.3 Å². The van der Waals surface area contributed by atoms with E-state index in [9.17, 15) is 9.59 Å². The quantitative estimate of drug-likeness (QED) is 0.578. The van der Waals surface area contributed by atoms with Crippen molar-refractivity contribution in [2.45, 2.75) is 31.1 Å². The summed E-state index contributed by atoms with van der Waals surface area (Å²) < 4.78 is 5.77. The highest BCUT2D eigenvalue weighted by Crippen LogP contribution is 2.31. The average molecular weight is 315 g/mol. The second kappa shape index (κ2) is 7.21. The average Bonchev–Trinajstić information content (AvgIpc) is 2.55. The molecule has 1 amide bonds. The van der Waals surface area contributed by atoms with Gasteiger partial charge in [-0.15, -0.1) is 6.58 Å². The fourth-order valence-corrected chi connectivity index (χ4v) is 2.68. The van der Waals surface area contributed by atoms with Crippen LogP contribution in [0, 0.1) is 0 Å². The summed E-state index contributed by atoms with van der Waals surface area (Å²) >= 11 is 0. The number of ether oxygens (including phenoxy) is 1. The first-order valence-electron chi connectivity index (χ1n) is 7.34. The maximum absolute atomic E-state index is 12.3. The van der Waals surface area contributed by atoms with Gasteiger partial charge in [0, 0.05) is 12.3 Å². The van der Waals surface area contributed by atoms with Gasteiger partial charge in [0.25, 0.3) is 0 Å². The van der Waals surface area contributed by atoms with Crippen LogP contribution in [0.25, 0.3) is 0 Å². The van der Waals surface area contributed by atoms with Crippen molar-refractivity contribution in [1.82, 2.24) is 5.01 Å². The van der Waals surface area contributed by atoms with Crippen molar-refractivity contribution in [2.75, 3.05) is 0 Å². The highest BCUT2D eigenvalue weighted by molar-refractivity contribution is 6.02. The largest absolute Gasteiger partial charge is 0.367 e. The van der Waals surface area contributed by atoms with Crippen LogP contribution in [0.3, 0.4) is 0 Å². The molecule has 2 rings (SSSR count). The monoisotopic (exact) mass is 315 g/mol. The molecule has 0 spiro atoms. The maximum Gasteiger partial charge on any atom is 0.248 e. The Kier molecular flexibility index (Phi) is 5.31. The molecule has 1 aromatic carbocycles. The molecule has 4 N–H and O–H groups in total. The van der Waals surface area contributed by atoms with Crippen LogP contribution in [-0.2, 0) is 20.9 Å². The number of carbonyl (C=O) groups excluding carboxylic acids is 2. The van der Waals surface area contributed by atoms with Crippen molar-refractivity contribution in [3.63, 3.8) is 0 Å². The first kappa shape index (κ1) is 16.9. The molecule has 1 aliphatic rings. The second-order valence-electron chi connectivity index (χ2n) is 5.42.